The van der Waals surface area contributed by atoms with Gasteiger partial charge in [-0.25, -0.2) is 0 Å². The molecular weight excluding hydrogens is 488 g/mol. The predicted molar refractivity (Wildman–Crippen MR) is 140 cm³/mol. The predicted octanol–water partition coefficient (Wildman–Crippen LogP) is 3.45. The fraction of sp³-hybridized carbons (Fsp3) is 0.276. The number of H-pyrrole nitrogens is 1. The molecule has 196 valence electrons. The number of nitrogens with zero attached hydrogens (tertiary/aromatic N) is 1. The van der Waals surface area contributed by atoms with Crippen molar-refractivity contribution in [1.29, 1.82) is 0 Å². The maximum Gasteiger partial charge on any atom is 0.306 e. The number of benzene rings is 2. The molecule has 0 saturated carbocycles. The molecule has 0 amide bonds. The van der Waals surface area contributed by atoms with Crippen LogP contribution >= 0.6 is 0 Å². The van der Waals surface area contributed by atoms with Crippen LogP contribution in [0.5, 0.6) is 11.5 Å². The summed E-state index contributed by atoms with van der Waals surface area (Å²) in [5, 5.41) is 11.4. The van der Waals surface area contributed by atoms with E-state index in [-0.39, 0.29) is 17.7 Å². The first kappa shape index (κ1) is 25.3. The highest BCUT2D eigenvalue weighted by atomic mass is 16.5. The van der Waals surface area contributed by atoms with Crippen molar-refractivity contribution in [2.75, 3.05) is 20.8 Å². The number of aromatic amines is 1. The molecule has 5 rings (SSSR count). The second-order valence-corrected chi connectivity index (χ2v) is 9.36. The van der Waals surface area contributed by atoms with E-state index in [1.807, 2.05) is 12.1 Å². The van der Waals surface area contributed by atoms with Gasteiger partial charge in [-0.3, -0.25) is 19.3 Å². The zero-order valence-electron chi connectivity index (χ0n) is 21.2. The van der Waals surface area contributed by atoms with Gasteiger partial charge in [0, 0.05) is 35.6 Å². The Hall–Kier alpha value is -4.37. The van der Waals surface area contributed by atoms with Crippen molar-refractivity contribution in [1.82, 2.24) is 9.88 Å². The van der Waals surface area contributed by atoms with Crippen LogP contribution in [0.4, 0.5) is 0 Å². The lowest BCUT2D eigenvalue weighted by Gasteiger charge is -2.28. The summed E-state index contributed by atoms with van der Waals surface area (Å²) < 4.78 is 16.2. The van der Waals surface area contributed by atoms with Crippen molar-refractivity contribution in [3.8, 4) is 11.5 Å². The molecule has 0 aliphatic carbocycles. The van der Waals surface area contributed by atoms with Crippen LogP contribution in [-0.4, -0.2) is 41.7 Å². The number of aromatic nitrogens is 1. The highest BCUT2D eigenvalue weighted by Crippen LogP contribution is 2.34. The minimum atomic E-state index is -1.06. The third kappa shape index (κ3) is 5.05. The summed E-state index contributed by atoms with van der Waals surface area (Å²) in [6, 6.07) is 16.2. The van der Waals surface area contributed by atoms with Crippen LogP contribution in [0.1, 0.15) is 40.5 Å². The van der Waals surface area contributed by atoms with Crippen LogP contribution in [0.15, 0.2) is 68.6 Å². The number of carbonyl (C=O) groups excluding carboxylic acids is 1. The Labute approximate surface area is 218 Å². The maximum absolute atomic E-state index is 13.1. The lowest BCUT2D eigenvalue weighted by Crippen LogP contribution is -2.30. The van der Waals surface area contributed by atoms with Crippen LogP contribution in [0.3, 0.4) is 0 Å². The van der Waals surface area contributed by atoms with Gasteiger partial charge in [0.1, 0.15) is 11.5 Å². The average molecular weight is 517 g/mol. The number of nitrogens with one attached hydrogen (secondary N) is 1. The molecule has 38 heavy (non-hydrogen) atoms. The van der Waals surface area contributed by atoms with Gasteiger partial charge in [0.2, 0.25) is 11.2 Å². The monoisotopic (exact) mass is 516 g/mol. The summed E-state index contributed by atoms with van der Waals surface area (Å²) in [4.78, 5) is 43.3. The number of pyridine rings is 1. The quantitative estimate of drug-likeness (QED) is 0.358. The zero-order chi connectivity index (χ0) is 26.8. The van der Waals surface area contributed by atoms with E-state index in [1.165, 1.54) is 31.4 Å². The highest BCUT2D eigenvalue weighted by Gasteiger charge is 2.29. The summed E-state index contributed by atoms with van der Waals surface area (Å²) in [5.41, 5.74) is 2.10. The van der Waals surface area contributed by atoms with Gasteiger partial charge in [-0.15, -0.1) is 0 Å². The maximum atomic E-state index is 13.1. The summed E-state index contributed by atoms with van der Waals surface area (Å²) in [6.07, 6.45) is 0.554. The van der Waals surface area contributed by atoms with E-state index < -0.39 is 28.6 Å². The Bertz CT molecular complexity index is 1620. The number of rotatable bonds is 7. The lowest BCUT2D eigenvalue weighted by molar-refractivity contribution is -0.140. The van der Waals surface area contributed by atoms with Crippen molar-refractivity contribution in [2.45, 2.75) is 31.8 Å². The van der Waals surface area contributed by atoms with Gasteiger partial charge in [0.15, 0.2) is 5.76 Å². The third-order valence-electron chi connectivity index (χ3n) is 6.96. The molecule has 9 nitrogen and oxygen atoms in total. The second kappa shape index (κ2) is 10.5. The molecule has 1 aliphatic rings. The Balaban J connectivity index is 1.56. The number of aromatic hydroxyl groups is 1. The van der Waals surface area contributed by atoms with E-state index in [9.17, 15) is 19.5 Å². The van der Waals surface area contributed by atoms with E-state index in [0.29, 0.717) is 35.5 Å². The molecule has 2 aromatic heterocycles. The first-order valence-corrected chi connectivity index (χ1v) is 12.3. The van der Waals surface area contributed by atoms with Crippen molar-refractivity contribution in [2.24, 2.45) is 0 Å². The van der Waals surface area contributed by atoms with E-state index in [1.54, 1.807) is 24.3 Å². The normalized spacial score (nSPS) is 14.2. The number of carbonyl (C=O) groups is 1. The minimum Gasteiger partial charge on any atom is -0.502 e. The van der Waals surface area contributed by atoms with E-state index in [0.717, 1.165) is 13.0 Å². The SMILES string of the molecule is COC(=O)C[C@@H](c1oc(CN2CCc3ccccc3C2)cc(=O)c1O)c1cc2cc(OC)ccc2[nH]c1=O. The molecule has 3 heterocycles. The summed E-state index contributed by atoms with van der Waals surface area (Å²) in [7, 11) is 2.77. The molecule has 1 atom stereocenters. The second-order valence-electron chi connectivity index (χ2n) is 9.36. The fourth-order valence-electron chi connectivity index (χ4n) is 4.96. The summed E-state index contributed by atoms with van der Waals surface area (Å²) in [6.45, 7) is 1.79. The van der Waals surface area contributed by atoms with Gasteiger partial charge >= 0.3 is 5.97 Å². The zero-order valence-corrected chi connectivity index (χ0v) is 21.2. The number of hydrogen-bond acceptors (Lipinski definition) is 8. The average Bonchev–Trinajstić information content (AvgIpc) is 2.93. The number of esters is 1. The number of ether oxygens (including phenoxy) is 2. The molecule has 4 aromatic rings. The standard InChI is InChI=1S/C29H28N2O7/c1-36-20-7-8-24-19(11-20)12-23(29(35)30-24)22(14-26(33)37-2)28-27(34)25(32)13-21(38-28)16-31-10-9-17-5-3-4-6-18(17)15-31/h3-8,11-13,22,34H,9-10,14-16H2,1-2H3,(H,30,35)/t22-/m1/s1. The van der Waals surface area contributed by atoms with Gasteiger partial charge < -0.3 is 24.0 Å². The Morgan fingerprint density at radius 1 is 1.11 bits per heavy atom. The number of hydrogen-bond donors (Lipinski definition) is 2. The Morgan fingerprint density at radius 3 is 2.66 bits per heavy atom. The Morgan fingerprint density at radius 2 is 1.89 bits per heavy atom. The molecule has 0 saturated heterocycles. The Kier molecular flexibility index (Phi) is 7.02. The van der Waals surface area contributed by atoms with Crippen molar-refractivity contribution < 1.29 is 23.8 Å². The minimum absolute atomic E-state index is 0.150. The van der Waals surface area contributed by atoms with Crippen LogP contribution in [0.25, 0.3) is 10.9 Å². The smallest absolute Gasteiger partial charge is 0.306 e. The van der Waals surface area contributed by atoms with Crippen LogP contribution in [0.2, 0.25) is 0 Å². The third-order valence-corrected chi connectivity index (χ3v) is 6.96. The summed E-state index contributed by atoms with van der Waals surface area (Å²) >= 11 is 0. The van der Waals surface area contributed by atoms with Gasteiger partial charge in [-0.1, -0.05) is 24.3 Å². The van der Waals surface area contributed by atoms with Gasteiger partial charge in [0.05, 0.1) is 33.1 Å². The lowest BCUT2D eigenvalue weighted by atomic mass is 9.92. The molecule has 0 spiro atoms. The van der Waals surface area contributed by atoms with Crippen molar-refractivity contribution >= 4 is 16.9 Å². The van der Waals surface area contributed by atoms with Crippen LogP contribution in [-0.2, 0) is 29.0 Å². The molecule has 0 unspecified atom stereocenters. The molecular formula is C29H28N2O7. The molecule has 1 aliphatic heterocycles. The van der Waals surface area contributed by atoms with Crippen LogP contribution in [0, 0.1) is 0 Å². The molecule has 2 N–H and O–H groups in total. The van der Waals surface area contributed by atoms with Gasteiger partial charge in [-0.05, 0) is 41.8 Å². The molecule has 2 aromatic carbocycles. The number of methoxy groups -OCH3 is 2. The topological polar surface area (TPSA) is 122 Å². The van der Waals surface area contributed by atoms with E-state index >= 15 is 0 Å². The first-order valence-electron chi connectivity index (χ1n) is 12.3. The molecule has 9 heteroatoms. The number of fused-ring (bicyclic) bond motifs is 2. The first-order chi connectivity index (χ1) is 18.4. The molecule has 0 bridgehead atoms. The molecule has 0 radical (unpaired) electrons. The largest absolute Gasteiger partial charge is 0.502 e. The van der Waals surface area contributed by atoms with Crippen molar-refractivity contribution in [3.63, 3.8) is 0 Å². The van der Waals surface area contributed by atoms with Gasteiger partial charge in [-0.2, -0.15) is 0 Å². The summed E-state index contributed by atoms with van der Waals surface area (Å²) in [5.74, 6) is -1.56. The van der Waals surface area contributed by atoms with E-state index in [2.05, 4.69) is 22.0 Å². The van der Waals surface area contributed by atoms with E-state index in [4.69, 9.17) is 13.9 Å². The van der Waals surface area contributed by atoms with Gasteiger partial charge in [0.25, 0.3) is 5.56 Å². The molecule has 0 fully saturated rings. The van der Waals surface area contributed by atoms with Crippen LogP contribution < -0.4 is 15.7 Å². The van der Waals surface area contributed by atoms with Crippen molar-refractivity contribution in [3.05, 3.63) is 103 Å². The fourth-order valence-corrected chi connectivity index (χ4v) is 4.96. The highest BCUT2D eigenvalue weighted by molar-refractivity contribution is 5.81.